The fraction of sp³-hybridized carbons (Fsp3) is 0.0556. The van der Waals surface area contributed by atoms with Crippen molar-refractivity contribution in [3.05, 3.63) is 132 Å². The van der Waals surface area contributed by atoms with Crippen molar-refractivity contribution in [1.82, 2.24) is 0 Å². The van der Waals surface area contributed by atoms with Crippen LogP contribution >= 0.6 is 0 Å². The van der Waals surface area contributed by atoms with Crippen molar-refractivity contribution in [3.8, 4) is 11.1 Å². The molecule has 0 N–H and O–H groups in total. The topological polar surface area (TPSA) is 13.1 Å². The number of furan rings is 1. The molecule has 1 heterocycles. The minimum Gasteiger partial charge on any atom is -0.456 e. The van der Waals surface area contributed by atoms with Crippen LogP contribution in [0.15, 0.2) is 119 Å². The Morgan fingerprint density at radius 1 is 0.595 bits per heavy atom. The van der Waals surface area contributed by atoms with Crippen molar-refractivity contribution < 1.29 is 23.6 Å². The third kappa shape index (κ3) is 3.04. The van der Waals surface area contributed by atoms with Gasteiger partial charge in [-0.1, -0.05) is 109 Å². The van der Waals surface area contributed by atoms with Gasteiger partial charge in [0, 0.05) is 13.5 Å². The van der Waals surface area contributed by atoms with E-state index >= 15 is 0 Å². The molecule has 0 spiro atoms. The van der Waals surface area contributed by atoms with Gasteiger partial charge in [0.05, 0.1) is 16.4 Å². The zero-order valence-electron chi connectivity index (χ0n) is 33.2. The first kappa shape index (κ1) is 11.2. The molecule has 0 amide bonds. The van der Waals surface area contributed by atoms with Gasteiger partial charge in [-0.05, 0) is 79.8 Å². The average molecular weight is 487 g/mol. The maximum Gasteiger partial charge on any atom is 0.136 e. The Morgan fingerprint density at radius 3 is 2.03 bits per heavy atom. The first-order valence-corrected chi connectivity index (χ1v) is 11.7. The highest BCUT2D eigenvalue weighted by molar-refractivity contribution is 6.24. The predicted octanol–water partition coefficient (Wildman–Crippen LogP) is 10.0. The zero-order valence-corrected chi connectivity index (χ0v) is 19.2. The van der Waals surface area contributed by atoms with E-state index in [1.165, 1.54) is 0 Å². The molecule has 0 saturated carbocycles. The molecule has 6 aromatic carbocycles. The van der Waals surface area contributed by atoms with E-state index in [0.29, 0.717) is 32.7 Å². The van der Waals surface area contributed by atoms with E-state index in [9.17, 15) is 4.11 Å². The molecule has 1 aliphatic carbocycles. The lowest BCUT2D eigenvalue weighted by Gasteiger charge is -2.22. The van der Waals surface area contributed by atoms with Gasteiger partial charge < -0.3 is 4.42 Å². The van der Waals surface area contributed by atoms with E-state index in [4.69, 9.17) is 19.5 Å². The zero-order chi connectivity index (χ0) is 36.5. The van der Waals surface area contributed by atoms with Crippen LogP contribution < -0.4 is 0 Å². The monoisotopic (exact) mass is 486 g/mol. The van der Waals surface area contributed by atoms with E-state index < -0.39 is 73.2 Å². The molecule has 1 nitrogen and oxygen atoms in total. The second-order valence-electron chi connectivity index (χ2n) is 8.76. The Kier molecular flexibility index (Phi) is 2.40. The molecule has 1 heteroatoms. The first-order chi connectivity index (χ1) is 24.2. The van der Waals surface area contributed by atoms with Gasteiger partial charge in [-0.25, -0.2) is 0 Å². The fourth-order valence-electron chi connectivity index (χ4n) is 5.27. The molecule has 37 heavy (non-hydrogen) atoms. The number of allylic oxidation sites excluding steroid dienone is 1. The van der Waals surface area contributed by atoms with E-state index in [2.05, 4.69) is 0 Å². The normalized spacial score (nSPS) is 22.9. The van der Waals surface area contributed by atoms with Crippen molar-refractivity contribution in [2.45, 2.75) is 12.8 Å². The molecule has 7 aromatic rings. The summed E-state index contributed by atoms with van der Waals surface area (Å²) in [4.78, 5) is 0. The molecule has 1 aromatic heterocycles. The molecule has 2 unspecified atom stereocenters. The summed E-state index contributed by atoms with van der Waals surface area (Å²) in [6.45, 7) is 0. The average Bonchev–Trinajstić information content (AvgIpc) is 3.53. The second kappa shape index (κ2) is 7.94. The summed E-state index contributed by atoms with van der Waals surface area (Å²) >= 11 is 0. The maximum absolute atomic E-state index is 9.35. The lowest BCUT2D eigenvalue weighted by Crippen LogP contribution is -2.01. The number of rotatable bonds is 2. The Bertz CT molecular complexity index is 2710. The van der Waals surface area contributed by atoms with Crippen LogP contribution in [0.5, 0.6) is 0 Å². The molecule has 0 saturated heterocycles. The van der Waals surface area contributed by atoms with Crippen molar-refractivity contribution in [2.24, 2.45) is 0 Å². The standard InChI is InChI=1S/C36H24O/c1-2-11-24-22-25(21-20-23(24)10-1)34-26-12-3-5-14-28(26)35(29-15-6-4-13-27(29)34)31-17-9-19-33-36(31)30-16-7-8-18-32(30)37-33/h1-19,22H,20-21H2/i1D,2D,7D,8D,9D,10D,11D,16D,17D,18D,19D,20D,21D,22D. The van der Waals surface area contributed by atoms with Crippen LogP contribution in [0.2, 0.25) is 0 Å². The maximum atomic E-state index is 9.35. The van der Waals surface area contributed by atoms with Gasteiger partial charge in [0.2, 0.25) is 0 Å². The smallest absolute Gasteiger partial charge is 0.136 e. The van der Waals surface area contributed by atoms with Gasteiger partial charge in [-0.15, -0.1) is 0 Å². The van der Waals surface area contributed by atoms with E-state index in [0.717, 1.165) is 0 Å². The highest BCUT2D eigenvalue weighted by atomic mass is 16.3. The van der Waals surface area contributed by atoms with Crippen LogP contribution in [0.4, 0.5) is 0 Å². The summed E-state index contributed by atoms with van der Waals surface area (Å²) in [5.41, 5.74) is 0.294. The van der Waals surface area contributed by atoms with Crippen LogP contribution in [0.1, 0.15) is 42.3 Å². The predicted molar refractivity (Wildman–Crippen MR) is 157 cm³/mol. The Balaban J connectivity index is 1.60. The van der Waals surface area contributed by atoms with Crippen molar-refractivity contribution in [1.29, 1.82) is 0 Å². The Labute approximate surface area is 235 Å². The Morgan fingerprint density at radius 2 is 1.24 bits per heavy atom. The molecule has 0 aliphatic heterocycles. The number of para-hydroxylation sites is 1. The minimum atomic E-state index is -1.45. The van der Waals surface area contributed by atoms with E-state index in [1.807, 2.05) is 0 Å². The quantitative estimate of drug-likeness (QED) is 0.222. The summed E-state index contributed by atoms with van der Waals surface area (Å²) in [5, 5.41) is 1.93. The Hall–Kier alpha value is -4.62. The molecular formula is C36H24O. The second-order valence-corrected chi connectivity index (χ2v) is 8.76. The summed E-state index contributed by atoms with van der Waals surface area (Å²) in [6.07, 6.45) is -2.89. The van der Waals surface area contributed by atoms with Crippen LogP contribution in [0.3, 0.4) is 0 Å². The van der Waals surface area contributed by atoms with Crippen molar-refractivity contribution >= 4 is 55.1 Å². The molecule has 8 rings (SSSR count). The van der Waals surface area contributed by atoms with Gasteiger partial charge >= 0.3 is 0 Å². The van der Waals surface area contributed by atoms with Gasteiger partial charge in [0.1, 0.15) is 11.2 Å². The molecule has 2 atom stereocenters. The highest BCUT2D eigenvalue weighted by Crippen LogP contribution is 2.47. The van der Waals surface area contributed by atoms with Crippen molar-refractivity contribution in [3.63, 3.8) is 0 Å². The number of hydrogen-bond acceptors (Lipinski definition) is 1. The SMILES string of the molecule is [2H]C1=C(c2c3ccccc3c(-c3c([2H])c([2H])c([2H])c4oc5c([2H])c([2H])c([2H])c([2H])c5c34)c3ccccc23)C([2H])C([2H])c2c([2H])c([2H])c([2H])c([2H])c21. The van der Waals surface area contributed by atoms with Crippen molar-refractivity contribution in [2.75, 3.05) is 0 Å². The highest BCUT2D eigenvalue weighted by Gasteiger charge is 2.22. The fourth-order valence-corrected chi connectivity index (χ4v) is 5.27. The molecule has 0 fully saturated rings. The molecule has 174 valence electrons. The molecule has 0 radical (unpaired) electrons. The van der Waals surface area contributed by atoms with Gasteiger partial charge in [0.15, 0.2) is 0 Å². The summed E-state index contributed by atoms with van der Waals surface area (Å²) in [6, 6.07) is 8.29. The largest absolute Gasteiger partial charge is 0.456 e. The van der Waals surface area contributed by atoms with E-state index in [1.54, 1.807) is 48.5 Å². The minimum absolute atomic E-state index is 0.0392. The van der Waals surface area contributed by atoms with Gasteiger partial charge in [-0.3, -0.25) is 0 Å². The van der Waals surface area contributed by atoms with Crippen LogP contribution in [-0.2, 0) is 6.40 Å². The first-order valence-electron chi connectivity index (χ1n) is 18.9. The lowest BCUT2D eigenvalue weighted by atomic mass is 9.81. The third-order valence-electron chi connectivity index (χ3n) is 6.79. The molecular weight excluding hydrogens is 448 g/mol. The van der Waals surface area contributed by atoms with E-state index in [-0.39, 0.29) is 56.3 Å². The van der Waals surface area contributed by atoms with Gasteiger partial charge in [0.25, 0.3) is 0 Å². The summed E-state index contributed by atoms with van der Waals surface area (Å²) < 4.78 is 128. The third-order valence-corrected chi connectivity index (χ3v) is 6.79. The lowest BCUT2D eigenvalue weighted by molar-refractivity contribution is 0.669. The number of fused-ring (bicyclic) bond motifs is 6. The van der Waals surface area contributed by atoms with Crippen LogP contribution in [0.25, 0.3) is 66.2 Å². The molecule has 1 aliphatic rings. The molecule has 0 bridgehead atoms. The summed E-state index contributed by atoms with van der Waals surface area (Å²) in [5.74, 6) is 0. The van der Waals surface area contributed by atoms with Crippen LogP contribution in [-0.4, -0.2) is 0 Å². The number of hydrogen-bond donors (Lipinski definition) is 0. The van der Waals surface area contributed by atoms with Crippen LogP contribution in [0, 0.1) is 0 Å². The van der Waals surface area contributed by atoms with Gasteiger partial charge in [-0.2, -0.15) is 0 Å². The number of benzene rings is 6. The summed E-state index contributed by atoms with van der Waals surface area (Å²) in [7, 11) is 0.